The van der Waals surface area contributed by atoms with Crippen molar-refractivity contribution in [2.24, 2.45) is 0 Å². The Morgan fingerprint density at radius 3 is 2.67 bits per heavy atom. The van der Waals surface area contributed by atoms with Gasteiger partial charge in [0.15, 0.2) is 0 Å². The number of hydrogen-bond donors (Lipinski definition) is 1. The Labute approximate surface area is 87.1 Å². The minimum atomic E-state index is -4.12. The highest BCUT2D eigenvalue weighted by Crippen LogP contribution is 2.30. The van der Waals surface area contributed by atoms with Crippen molar-refractivity contribution < 1.29 is 13.2 Å². The molecule has 5 heteroatoms. The van der Waals surface area contributed by atoms with Crippen molar-refractivity contribution >= 4 is 0 Å². The van der Waals surface area contributed by atoms with Crippen LogP contribution >= 0.6 is 0 Å². The van der Waals surface area contributed by atoms with Crippen molar-refractivity contribution in [1.82, 2.24) is 10.2 Å². The molecule has 86 valence electrons. The number of nitrogens with zero attached hydrogens (tertiary/aromatic N) is 1. The average molecular weight is 220 g/mol. The number of alkyl halides is 3. The summed E-state index contributed by atoms with van der Waals surface area (Å²) in [5.74, 6) is 0. The van der Waals surface area contributed by atoms with Gasteiger partial charge in [-0.1, -0.05) is 6.08 Å². The zero-order chi connectivity index (χ0) is 10.9. The summed E-state index contributed by atoms with van der Waals surface area (Å²) in [6, 6.07) is 0.427. The Kier molecular flexibility index (Phi) is 3.02. The summed E-state index contributed by atoms with van der Waals surface area (Å²) in [6.45, 7) is 2.88. The highest BCUT2D eigenvalue weighted by atomic mass is 19.4. The second-order valence-electron chi connectivity index (χ2n) is 4.12. The standard InChI is InChI=1S/C10H15F3N2/c11-10(12,13)8-2-5-15(6-3-8)9-1-4-14-7-9/h2,9,14H,1,3-7H2. The first-order chi connectivity index (χ1) is 7.07. The molecule has 0 saturated carbocycles. The molecule has 1 atom stereocenters. The molecule has 0 spiro atoms. The van der Waals surface area contributed by atoms with Gasteiger partial charge in [-0.15, -0.1) is 0 Å². The molecule has 0 radical (unpaired) electrons. The van der Waals surface area contributed by atoms with Crippen LogP contribution in [-0.4, -0.2) is 43.3 Å². The summed E-state index contributed by atoms with van der Waals surface area (Å²) in [6.07, 6.45) is -1.60. The summed E-state index contributed by atoms with van der Waals surface area (Å²) in [4.78, 5) is 2.13. The van der Waals surface area contributed by atoms with Gasteiger partial charge < -0.3 is 5.32 Å². The maximum absolute atomic E-state index is 12.3. The molecular formula is C10H15F3N2. The minimum absolute atomic E-state index is 0.139. The fraction of sp³-hybridized carbons (Fsp3) is 0.800. The summed E-state index contributed by atoms with van der Waals surface area (Å²) >= 11 is 0. The molecular weight excluding hydrogens is 205 g/mol. The van der Waals surface area contributed by atoms with E-state index in [1.165, 1.54) is 6.08 Å². The molecule has 0 amide bonds. The lowest BCUT2D eigenvalue weighted by Gasteiger charge is -2.31. The Morgan fingerprint density at radius 1 is 1.40 bits per heavy atom. The Hall–Kier alpha value is -0.550. The average Bonchev–Trinajstić information content (AvgIpc) is 2.69. The van der Waals surface area contributed by atoms with Crippen molar-refractivity contribution in [3.63, 3.8) is 0 Å². The molecule has 0 aliphatic carbocycles. The van der Waals surface area contributed by atoms with E-state index in [1.54, 1.807) is 0 Å². The van der Waals surface area contributed by atoms with Gasteiger partial charge in [0.1, 0.15) is 0 Å². The molecule has 2 aliphatic heterocycles. The third kappa shape index (κ3) is 2.52. The lowest BCUT2D eigenvalue weighted by molar-refractivity contribution is -0.0963. The maximum atomic E-state index is 12.3. The van der Waals surface area contributed by atoms with Gasteiger partial charge in [-0.3, -0.25) is 4.90 Å². The van der Waals surface area contributed by atoms with E-state index in [0.717, 1.165) is 19.5 Å². The van der Waals surface area contributed by atoms with Gasteiger partial charge in [0.2, 0.25) is 0 Å². The molecule has 0 bridgehead atoms. The number of nitrogens with one attached hydrogen (secondary N) is 1. The summed E-state index contributed by atoms with van der Waals surface area (Å²) < 4.78 is 37.0. The van der Waals surface area contributed by atoms with Crippen molar-refractivity contribution in [2.45, 2.75) is 25.1 Å². The van der Waals surface area contributed by atoms with Crippen LogP contribution in [0.25, 0.3) is 0 Å². The topological polar surface area (TPSA) is 15.3 Å². The molecule has 1 saturated heterocycles. The monoisotopic (exact) mass is 220 g/mol. The van der Waals surface area contributed by atoms with Crippen LogP contribution in [0, 0.1) is 0 Å². The highest BCUT2D eigenvalue weighted by Gasteiger charge is 2.35. The highest BCUT2D eigenvalue weighted by molar-refractivity contribution is 5.13. The predicted molar refractivity (Wildman–Crippen MR) is 51.6 cm³/mol. The zero-order valence-electron chi connectivity index (χ0n) is 8.48. The van der Waals surface area contributed by atoms with Crippen LogP contribution in [0.4, 0.5) is 13.2 Å². The van der Waals surface area contributed by atoms with Gasteiger partial charge >= 0.3 is 6.18 Å². The fourth-order valence-corrected chi connectivity index (χ4v) is 2.23. The van der Waals surface area contributed by atoms with Crippen LogP contribution in [0.15, 0.2) is 11.6 Å². The molecule has 1 unspecified atom stereocenters. The lowest BCUT2D eigenvalue weighted by Crippen LogP contribution is -2.40. The van der Waals surface area contributed by atoms with Crippen LogP contribution in [0.5, 0.6) is 0 Å². The smallest absolute Gasteiger partial charge is 0.315 e. The lowest BCUT2D eigenvalue weighted by atomic mass is 10.1. The third-order valence-corrected chi connectivity index (χ3v) is 3.16. The number of hydrogen-bond acceptors (Lipinski definition) is 2. The van der Waals surface area contributed by atoms with E-state index < -0.39 is 6.18 Å². The van der Waals surface area contributed by atoms with E-state index in [1.807, 2.05) is 0 Å². The van der Waals surface area contributed by atoms with Gasteiger partial charge in [-0.25, -0.2) is 0 Å². The molecule has 1 N–H and O–H groups in total. The van der Waals surface area contributed by atoms with Crippen molar-refractivity contribution in [2.75, 3.05) is 26.2 Å². The fourth-order valence-electron chi connectivity index (χ4n) is 2.23. The van der Waals surface area contributed by atoms with Crippen LogP contribution < -0.4 is 5.32 Å². The van der Waals surface area contributed by atoms with Crippen molar-refractivity contribution in [3.8, 4) is 0 Å². The maximum Gasteiger partial charge on any atom is 0.412 e. The van der Waals surface area contributed by atoms with E-state index in [0.29, 0.717) is 19.1 Å². The quantitative estimate of drug-likeness (QED) is 0.674. The SMILES string of the molecule is FC(F)(F)C1=CCN(C2CCNC2)CC1. The molecule has 0 aromatic rings. The van der Waals surface area contributed by atoms with E-state index in [-0.39, 0.29) is 12.0 Å². The Bertz CT molecular complexity index is 254. The van der Waals surface area contributed by atoms with Crippen LogP contribution in [0.1, 0.15) is 12.8 Å². The van der Waals surface area contributed by atoms with E-state index >= 15 is 0 Å². The summed E-state index contributed by atoms with van der Waals surface area (Å²) in [5, 5.41) is 3.23. The first-order valence-electron chi connectivity index (χ1n) is 5.28. The molecule has 1 fully saturated rings. The summed E-state index contributed by atoms with van der Waals surface area (Å²) in [7, 11) is 0. The van der Waals surface area contributed by atoms with Crippen molar-refractivity contribution in [3.05, 3.63) is 11.6 Å². The largest absolute Gasteiger partial charge is 0.412 e. The van der Waals surface area contributed by atoms with Gasteiger partial charge in [-0.2, -0.15) is 13.2 Å². The second-order valence-corrected chi connectivity index (χ2v) is 4.12. The molecule has 0 aromatic carbocycles. The minimum Gasteiger partial charge on any atom is -0.315 e. The van der Waals surface area contributed by atoms with Crippen LogP contribution in [-0.2, 0) is 0 Å². The van der Waals surface area contributed by atoms with Crippen LogP contribution in [0.3, 0.4) is 0 Å². The first-order valence-corrected chi connectivity index (χ1v) is 5.28. The summed E-state index contributed by atoms with van der Waals surface area (Å²) in [5.41, 5.74) is -0.357. The van der Waals surface area contributed by atoms with E-state index in [9.17, 15) is 13.2 Å². The second kappa shape index (κ2) is 4.14. The predicted octanol–water partition coefficient (Wildman–Crippen LogP) is 1.54. The molecule has 15 heavy (non-hydrogen) atoms. The zero-order valence-corrected chi connectivity index (χ0v) is 8.48. The molecule has 0 aromatic heterocycles. The Balaban J connectivity index is 1.93. The molecule has 2 nitrogen and oxygen atoms in total. The van der Waals surface area contributed by atoms with Crippen molar-refractivity contribution in [1.29, 1.82) is 0 Å². The third-order valence-electron chi connectivity index (χ3n) is 3.16. The number of halogens is 3. The van der Waals surface area contributed by atoms with Gasteiger partial charge in [0, 0.05) is 31.2 Å². The van der Waals surface area contributed by atoms with Gasteiger partial charge in [0.05, 0.1) is 0 Å². The van der Waals surface area contributed by atoms with E-state index in [2.05, 4.69) is 10.2 Å². The normalized spacial score (nSPS) is 29.3. The van der Waals surface area contributed by atoms with Gasteiger partial charge in [0.25, 0.3) is 0 Å². The molecule has 2 rings (SSSR count). The number of rotatable bonds is 1. The van der Waals surface area contributed by atoms with Gasteiger partial charge in [-0.05, 0) is 19.4 Å². The first kappa shape index (κ1) is 11.0. The molecule has 2 aliphatic rings. The molecule has 2 heterocycles. The van der Waals surface area contributed by atoms with Crippen LogP contribution in [0.2, 0.25) is 0 Å². The van der Waals surface area contributed by atoms with E-state index in [4.69, 9.17) is 0 Å². The Morgan fingerprint density at radius 2 is 2.20 bits per heavy atom.